The first-order valence-corrected chi connectivity index (χ1v) is 7.20. The summed E-state index contributed by atoms with van der Waals surface area (Å²) in [5.74, 6) is -0.260. The van der Waals surface area contributed by atoms with E-state index in [1.54, 1.807) is 6.92 Å². The van der Waals surface area contributed by atoms with Gasteiger partial charge in [-0.3, -0.25) is 9.59 Å². The lowest BCUT2D eigenvalue weighted by molar-refractivity contribution is -0.121. The number of amides is 2. The summed E-state index contributed by atoms with van der Waals surface area (Å²) in [6.07, 6.45) is 2.42. The molecule has 1 aromatic rings. The van der Waals surface area contributed by atoms with Crippen LogP contribution in [0.4, 0.5) is 5.69 Å². The third-order valence-electron chi connectivity index (χ3n) is 2.96. The monoisotopic (exact) mass is 289 g/mol. The van der Waals surface area contributed by atoms with Gasteiger partial charge in [-0.2, -0.15) is 5.10 Å². The molecule has 5 heteroatoms. The first kappa shape index (κ1) is 16.9. The second kappa shape index (κ2) is 8.89. The van der Waals surface area contributed by atoms with E-state index < -0.39 is 0 Å². The number of nitrogens with zero attached hydrogens (tertiary/aromatic N) is 1. The van der Waals surface area contributed by atoms with Crippen molar-refractivity contribution in [3.05, 3.63) is 29.8 Å². The van der Waals surface area contributed by atoms with Crippen LogP contribution in [0.15, 0.2) is 29.4 Å². The SMILES string of the molecule is CCCCC(=O)N/N=C(\C)CC(=O)Nc1ccccc1C. The van der Waals surface area contributed by atoms with E-state index in [2.05, 4.69) is 15.8 Å². The Kier molecular flexibility index (Phi) is 7.15. The third kappa shape index (κ3) is 6.70. The van der Waals surface area contributed by atoms with Crippen LogP contribution in [-0.2, 0) is 9.59 Å². The van der Waals surface area contributed by atoms with Gasteiger partial charge < -0.3 is 5.32 Å². The molecule has 0 aliphatic heterocycles. The van der Waals surface area contributed by atoms with Crippen LogP contribution in [0.5, 0.6) is 0 Å². The zero-order valence-electron chi connectivity index (χ0n) is 12.9. The largest absolute Gasteiger partial charge is 0.326 e. The van der Waals surface area contributed by atoms with Crippen LogP contribution in [0.3, 0.4) is 0 Å². The van der Waals surface area contributed by atoms with Gasteiger partial charge in [0.1, 0.15) is 0 Å². The molecule has 0 spiro atoms. The summed E-state index contributed by atoms with van der Waals surface area (Å²) in [6.45, 7) is 5.68. The maximum Gasteiger partial charge on any atom is 0.240 e. The smallest absolute Gasteiger partial charge is 0.240 e. The molecule has 1 rings (SSSR count). The fourth-order valence-electron chi connectivity index (χ4n) is 1.73. The molecule has 0 atom stereocenters. The number of hydrazone groups is 1. The quantitative estimate of drug-likeness (QED) is 0.598. The first-order valence-electron chi connectivity index (χ1n) is 7.20. The van der Waals surface area contributed by atoms with Crippen LogP contribution in [-0.4, -0.2) is 17.5 Å². The van der Waals surface area contributed by atoms with E-state index in [0.717, 1.165) is 24.1 Å². The lowest BCUT2D eigenvalue weighted by Gasteiger charge is -2.08. The molecule has 0 saturated heterocycles. The van der Waals surface area contributed by atoms with Gasteiger partial charge in [0.15, 0.2) is 0 Å². The van der Waals surface area contributed by atoms with Crippen molar-refractivity contribution in [2.45, 2.75) is 46.5 Å². The third-order valence-corrected chi connectivity index (χ3v) is 2.96. The summed E-state index contributed by atoms with van der Waals surface area (Å²) >= 11 is 0. The molecule has 5 nitrogen and oxygen atoms in total. The zero-order valence-corrected chi connectivity index (χ0v) is 12.9. The van der Waals surface area contributed by atoms with Crippen LogP contribution in [0, 0.1) is 6.92 Å². The Balaban J connectivity index is 2.43. The van der Waals surface area contributed by atoms with Gasteiger partial charge in [-0.25, -0.2) is 5.43 Å². The van der Waals surface area contributed by atoms with E-state index in [-0.39, 0.29) is 18.2 Å². The molecule has 2 N–H and O–H groups in total. The number of nitrogens with one attached hydrogen (secondary N) is 2. The van der Waals surface area contributed by atoms with Gasteiger partial charge in [0.05, 0.1) is 6.42 Å². The minimum absolute atomic E-state index is 0.115. The molecule has 0 heterocycles. The zero-order chi connectivity index (χ0) is 15.7. The molecule has 1 aromatic carbocycles. The lowest BCUT2D eigenvalue weighted by atomic mass is 10.2. The molecule has 0 unspecified atom stereocenters. The Morgan fingerprint density at radius 1 is 1.19 bits per heavy atom. The molecule has 2 amide bonds. The van der Waals surface area contributed by atoms with Crippen LogP contribution in [0.1, 0.15) is 45.1 Å². The van der Waals surface area contributed by atoms with Gasteiger partial charge in [-0.15, -0.1) is 0 Å². The standard InChI is InChI=1S/C16H23N3O2/c1-4-5-10-15(20)19-18-13(3)11-16(21)17-14-9-7-6-8-12(14)2/h6-9H,4-5,10-11H2,1-3H3,(H,17,21)(H,19,20)/b18-13+. The number of benzene rings is 1. The Morgan fingerprint density at radius 2 is 1.90 bits per heavy atom. The molecule has 0 radical (unpaired) electrons. The second-order valence-electron chi connectivity index (χ2n) is 5.03. The normalized spacial score (nSPS) is 11.1. The van der Waals surface area contributed by atoms with E-state index in [0.29, 0.717) is 12.1 Å². The minimum Gasteiger partial charge on any atom is -0.326 e. The number of unbranched alkanes of at least 4 members (excludes halogenated alkanes) is 1. The van der Waals surface area contributed by atoms with Crippen LogP contribution >= 0.6 is 0 Å². The lowest BCUT2D eigenvalue weighted by Crippen LogP contribution is -2.21. The molecule has 0 aliphatic carbocycles. The number of hydrogen-bond donors (Lipinski definition) is 2. The average molecular weight is 289 g/mol. The summed E-state index contributed by atoms with van der Waals surface area (Å²) < 4.78 is 0. The highest BCUT2D eigenvalue weighted by Crippen LogP contribution is 2.13. The van der Waals surface area contributed by atoms with Crippen LogP contribution in [0.2, 0.25) is 0 Å². The minimum atomic E-state index is -0.145. The van der Waals surface area contributed by atoms with E-state index in [9.17, 15) is 9.59 Å². The number of rotatable bonds is 7. The van der Waals surface area contributed by atoms with Gasteiger partial charge in [-0.1, -0.05) is 31.5 Å². The summed E-state index contributed by atoms with van der Waals surface area (Å²) in [6, 6.07) is 7.58. The molecule has 0 aliphatic rings. The molecule has 0 bridgehead atoms. The number of anilines is 1. The maximum atomic E-state index is 11.9. The Morgan fingerprint density at radius 3 is 2.57 bits per heavy atom. The van der Waals surface area contributed by atoms with Gasteiger partial charge in [0, 0.05) is 17.8 Å². The van der Waals surface area contributed by atoms with Gasteiger partial charge in [-0.05, 0) is 31.9 Å². The molecule has 21 heavy (non-hydrogen) atoms. The van der Waals surface area contributed by atoms with Crippen molar-refractivity contribution in [3.63, 3.8) is 0 Å². The van der Waals surface area contributed by atoms with Gasteiger partial charge in [0.25, 0.3) is 0 Å². The van der Waals surface area contributed by atoms with Crippen molar-refractivity contribution >= 4 is 23.2 Å². The van der Waals surface area contributed by atoms with Gasteiger partial charge in [0.2, 0.25) is 11.8 Å². The summed E-state index contributed by atoms with van der Waals surface area (Å²) in [5, 5.41) is 6.77. The fourth-order valence-corrected chi connectivity index (χ4v) is 1.73. The molecular weight excluding hydrogens is 266 g/mol. The number of carbonyl (C=O) groups is 2. The van der Waals surface area contributed by atoms with E-state index in [4.69, 9.17) is 0 Å². The highest BCUT2D eigenvalue weighted by Gasteiger charge is 2.06. The highest BCUT2D eigenvalue weighted by atomic mass is 16.2. The predicted molar refractivity (Wildman–Crippen MR) is 85.2 cm³/mol. The molecule has 114 valence electrons. The number of carbonyl (C=O) groups excluding carboxylic acids is 2. The van der Waals surface area contributed by atoms with E-state index in [1.807, 2.05) is 38.1 Å². The Hall–Kier alpha value is -2.17. The average Bonchev–Trinajstić information content (AvgIpc) is 2.45. The molecule has 0 aromatic heterocycles. The second-order valence-corrected chi connectivity index (χ2v) is 5.03. The number of aryl methyl sites for hydroxylation is 1. The number of hydrogen-bond acceptors (Lipinski definition) is 3. The summed E-state index contributed by atoms with van der Waals surface area (Å²) in [7, 11) is 0. The van der Waals surface area contributed by atoms with Crippen molar-refractivity contribution in [1.82, 2.24) is 5.43 Å². The first-order chi connectivity index (χ1) is 10.0. The molecular formula is C16H23N3O2. The van der Waals surface area contributed by atoms with Crippen molar-refractivity contribution < 1.29 is 9.59 Å². The van der Waals surface area contributed by atoms with Crippen molar-refractivity contribution in [3.8, 4) is 0 Å². The maximum absolute atomic E-state index is 11.9. The van der Waals surface area contributed by atoms with E-state index >= 15 is 0 Å². The summed E-state index contributed by atoms with van der Waals surface area (Å²) in [5.41, 5.74) is 4.84. The number of para-hydroxylation sites is 1. The fraction of sp³-hybridized carbons (Fsp3) is 0.438. The Labute approximate surface area is 125 Å². The predicted octanol–water partition coefficient (Wildman–Crippen LogP) is 3.01. The Bertz CT molecular complexity index is 524. The highest BCUT2D eigenvalue weighted by molar-refractivity contribution is 6.05. The molecule has 0 fully saturated rings. The van der Waals surface area contributed by atoms with Gasteiger partial charge >= 0.3 is 0 Å². The molecule has 0 saturated carbocycles. The van der Waals surface area contributed by atoms with Crippen molar-refractivity contribution in [2.75, 3.05) is 5.32 Å². The van der Waals surface area contributed by atoms with Crippen LogP contribution in [0.25, 0.3) is 0 Å². The summed E-state index contributed by atoms with van der Waals surface area (Å²) in [4.78, 5) is 23.3. The topological polar surface area (TPSA) is 70.6 Å². The van der Waals surface area contributed by atoms with Crippen molar-refractivity contribution in [1.29, 1.82) is 0 Å². The van der Waals surface area contributed by atoms with E-state index in [1.165, 1.54) is 0 Å². The van der Waals surface area contributed by atoms with Crippen molar-refractivity contribution in [2.24, 2.45) is 5.10 Å². The van der Waals surface area contributed by atoms with Crippen LogP contribution < -0.4 is 10.7 Å².